The van der Waals surface area contributed by atoms with Crippen LogP contribution in [0.15, 0.2) is 48.7 Å². The monoisotopic (exact) mass is 327 g/mol. The largest absolute Gasteiger partial charge is 0.493 e. The van der Waals surface area contributed by atoms with Crippen molar-refractivity contribution in [2.75, 3.05) is 12.4 Å². The summed E-state index contributed by atoms with van der Waals surface area (Å²) in [5, 5.41) is 7.28. The maximum Gasteiger partial charge on any atom is 0.174 e. The molecule has 1 aliphatic rings. The summed E-state index contributed by atoms with van der Waals surface area (Å²) in [6.45, 7) is 0. The van der Waals surface area contributed by atoms with Crippen molar-refractivity contribution < 1.29 is 4.74 Å². The Hall–Kier alpha value is -2.14. The van der Waals surface area contributed by atoms with Gasteiger partial charge in [-0.05, 0) is 42.8 Å². The first-order chi connectivity index (χ1) is 11.2. The summed E-state index contributed by atoms with van der Waals surface area (Å²) in [5.74, 6) is 1.31. The van der Waals surface area contributed by atoms with E-state index < -0.39 is 0 Å². The van der Waals surface area contributed by atoms with E-state index >= 15 is 0 Å². The van der Waals surface area contributed by atoms with E-state index in [-0.39, 0.29) is 5.54 Å². The number of nitrogens with zero attached hydrogens (tertiary/aromatic N) is 1. The predicted molar refractivity (Wildman–Crippen MR) is 96.7 cm³/mol. The molecule has 0 spiro atoms. The molecular weight excluding hydrogens is 306 g/mol. The summed E-state index contributed by atoms with van der Waals surface area (Å²) in [7, 11) is 1.63. The molecular formula is C18H21N3OS. The van der Waals surface area contributed by atoms with Crippen molar-refractivity contribution in [2.45, 2.75) is 31.2 Å². The maximum atomic E-state index is 5.53. The Labute approximate surface area is 142 Å². The van der Waals surface area contributed by atoms with Crippen molar-refractivity contribution in [1.29, 1.82) is 0 Å². The number of hydrogen-bond donors (Lipinski definition) is 2. The highest BCUT2D eigenvalue weighted by atomic mass is 32.1. The molecule has 0 bridgehead atoms. The number of benzene rings is 1. The predicted octanol–water partition coefficient (Wildman–Crippen LogP) is 3.85. The highest BCUT2D eigenvalue weighted by Gasteiger charge is 2.36. The van der Waals surface area contributed by atoms with Crippen LogP contribution in [0.2, 0.25) is 0 Å². The second-order valence-corrected chi connectivity index (χ2v) is 6.20. The third-order valence-electron chi connectivity index (χ3n) is 4.36. The average molecular weight is 327 g/mol. The van der Waals surface area contributed by atoms with Gasteiger partial charge in [0.2, 0.25) is 0 Å². The van der Waals surface area contributed by atoms with Crippen LogP contribution < -0.4 is 15.4 Å². The highest BCUT2D eigenvalue weighted by molar-refractivity contribution is 7.80. The van der Waals surface area contributed by atoms with Gasteiger partial charge in [0.15, 0.2) is 16.7 Å². The molecule has 1 saturated carbocycles. The second-order valence-electron chi connectivity index (χ2n) is 5.79. The molecule has 0 aliphatic heterocycles. The topological polar surface area (TPSA) is 46.2 Å². The summed E-state index contributed by atoms with van der Waals surface area (Å²) in [6, 6.07) is 14.2. The minimum atomic E-state index is -0.0899. The first-order valence-corrected chi connectivity index (χ1v) is 8.28. The average Bonchev–Trinajstić information content (AvgIpc) is 3.06. The van der Waals surface area contributed by atoms with Gasteiger partial charge < -0.3 is 15.4 Å². The van der Waals surface area contributed by atoms with Crippen LogP contribution in [-0.2, 0) is 5.54 Å². The third kappa shape index (κ3) is 3.45. The van der Waals surface area contributed by atoms with Crippen LogP contribution in [0.1, 0.15) is 31.2 Å². The van der Waals surface area contributed by atoms with E-state index in [1.165, 1.54) is 18.4 Å². The van der Waals surface area contributed by atoms with E-state index in [2.05, 4.69) is 39.9 Å². The SMILES string of the molecule is COc1cccnc1NC(=S)NC1(c2ccccc2)CCCC1. The fourth-order valence-corrected chi connectivity index (χ4v) is 3.52. The minimum absolute atomic E-state index is 0.0899. The van der Waals surface area contributed by atoms with E-state index in [4.69, 9.17) is 17.0 Å². The molecule has 1 fully saturated rings. The molecule has 0 radical (unpaired) electrons. The molecule has 2 aromatic rings. The molecule has 5 heteroatoms. The first kappa shape index (κ1) is 15.7. The van der Waals surface area contributed by atoms with Gasteiger partial charge in [0, 0.05) is 6.20 Å². The van der Waals surface area contributed by atoms with Gasteiger partial charge in [-0.25, -0.2) is 4.98 Å². The molecule has 0 saturated heterocycles. The maximum absolute atomic E-state index is 5.53. The molecule has 1 aromatic carbocycles. The Balaban J connectivity index is 1.77. The van der Waals surface area contributed by atoms with Gasteiger partial charge >= 0.3 is 0 Å². The summed E-state index contributed by atoms with van der Waals surface area (Å²) in [6.07, 6.45) is 6.29. The van der Waals surface area contributed by atoms with Gasteiger partial charge in [-0.2, -0.15) is 0 Å². The van der Waals surface area contributed by atoms with Gasteiger partial charge in [-0.1, -0.05) is 43.2 Å². The van der Waals surface area contributed by atoms with Gasteiger partial charge in [-0.3, -0.25) is 0 Å². The summed E-state index contributed by atoms with van der Waals surface area (Å²) < 4.78 is 5.31. The normalized spacial score (nSPS) is 15.9. The van der Waals surface area contributed by atoms with E-state index in [1.807, 2.05) is 18.2 Å². The number of aromatic nitrogens is 1. The number of rotatable bonds is 4. The number of methoxy groups -OCH3 is 1. The Morgan fingerprint density at radius 3 is 2.57 bits per heavy atom. The molecule has 4 nitrogen and oxygen atoms in total. The molecule has 1 aliphatic carbocycles. The van der Waals surface area contributed by atoms with E-state index in [9.17, 15) is 0 Å². The zero-order valence-corrected chi connectivity index (χ0v) is 14.0. The Kier molecular flexibility index (Phi) is 4.76. The standard InChI is InChI=1S/C18H21N3OS/c1-22-15-10-7-13-19-16(15)20-17(23)21-18(11-5-6-12-18)14-8-3-2-4-9-14/h2-4,7-10,13H,5-6,11-12H2,1H3,(H2,19,20,21,23). The second kappa shape index (κ2) is 6.96. The van der Waals surface area contributed by atoms with Crippen molar-refractivity contribution in [3.63, 3.8) is 0 Å². The van der Waals surface area contributed by atoms with Crippen LogP contribution in [0, 0.1) is 0 Å². The van der Waals surface area contributed by atoms with Crippen LogP contribution >= 0.6 is 12.2 Å². The molecule has 0 unspecified atom stereocenters. The summed E-state index contributed by atoms with van der Waals surface area (Å²) >= 11 is 5.53. The fourth-order valence-electron chi connectivity index (χ4n) is 3.23. The van der Waals surface area contributed by atoms with Gasteiger partial charge in [0.05, 0.1) is 12.6 Å². The first-order valence-electron chi connectivity index (χ1n) is 7.87. The number of anilines is 1. The van der Waals surface area contributed by atoms with Crippen molar-refractivity contribution in [1.82, 2.24) is 10.3 Å². The number of nitrogens with one attached hydrogen (secondary N) is 2. The van der Waals surface area contributed by atoms with Crippen LogP contribution in [0.3, 0.4) is 0 Å². The molecule has 120 valence electrons. The lowest BCUT2D eigenvalue weighted by Gasteiger charge is -2.32. The lowest BCUT2D eigenvalue weighted by molar-refractivity contribution is 0.407. The van der Waals surface area contributed by atoms with Crippen molar-refractivity contribution >= 4 is 23.1 Å². The molecule has 2 N–H and O–H groups in total. The summed E-state index contributed by atoms with van der Waals surface area (Å²) in [4.78, 5) is 4.30. The van der Waals surface area contributed by atoms with Gasteiger partial charge in [-0.15, -0.1) is 0 Å². The Morgan fingerprint density at radius 1 is 1.13 bits per heavy atom. The van der Waals surface area contributed by atoms with Gasteiger partial charge in [0.25, 0.3) is 0 Å². The lowest BCUT2D eigenvalue weighted by Crippen LogP contribution is -2.45. The molecule has 23 heavy (non-hydrogen) atoms. The number of hydrogen-bond acceptors (Lipinski definition) is 3. The zero-order valence-electron chi connectivity index (χ0n) is 13.2. The van der Waals surface area contributed by atoms with Crippen molar-refractivity contribution in [3.8, 4) is 5.75 Å². The molecule has 0 amide bonds. The van der Waals surface area contributed by atoms with Crippen LogP contribution in [0.4, 0.5) is 5.82 Å². The van der Waals surface area contributed by atoms with Crippen LogP contribution in [-0.4, -0.2) is 17.2 Å². The quantitative estimate of drug-likeness (QED) is 0.835. The van der Waals surface area contributed by atoms with Crippen LogP contribution in [0.25, 0.3) is 0 Å². The highest BCUT2D eigenvalue weighted by Crippen LogP contribution is 2.38. The smallest absolute Gasteiger partial charge is 0.174 e. The lowest BCUT2D eigenvalue weighted by atomic mass is 9.88. The fraction of sp³-hybridized carbons (Fsp3) is 0.333. The van der Waals surface area contributed by atoms with Crippen molar-refractivity contribution in [3.05, 3.63) is 54.2 Å². The molecule has 0 atom stereocenters. The van der Waals surface area contributed by atoms with Crippen molar-refractivity contribution in [2.24, 2.45) is 0 Å². The van der Waals surface area contributed by atoms with E-state index in [0.29, 0.717) is 16.7 Å². The number of thiocarbonyl (C=S) groups is 1. The molecule has 1 heterocycles. The van der Waals surface area contributed by atoms with E-state index in [0.717, 1.165) is 12.8 Å². The van der Waals surface area contributed by atoms with E-state index in [1.54, 1.807) is 13.3 Å². The van der Waals surface area contributed by atoms with Crippen LogP contribution in [0.5, 0.6) is 5.75 Å². The third-order valence-corrected chi connectivity index (χ3v) is 4.56. The van der Waals surface area contributed by atoms with Gasteiger partial charge in [0.1, 0.15) is 0 Å². The number of pyridine rings is 1. The molecule has 3 rings (SSSR count). The molecule has 1 aromatic heterocycles. The Morgan fingerprint density at radius 2 is 1.87 bits per heavy atom. The summed E-state index contributed by atoms with van der Waals surface area (Å²) in [5.41, 5.74) is 1.20. The Bertz CT molecular complexity index is 669. The number of ether oxygens (including phenoxy) is 1. The minimum Gasteiger partial charge on any atom is -0.493 e. The zero-order chi connectivity index (χ0) is 16.1.